The molecule has 78 valence electrons. The van der Waals surface area contributed by atoms with Crippen molar-refractivity contribution in [3.05, 3.63) is 21.0 Å². The van der Waals surface area contributed by atoms with E-state index in [1.54, 1.807) is 0 Å². The number of hydrogen-bond acceptors (Lipinski definition) is 3. The topological polar surface area (TPSA) is 50.3 Å². The monoisotopic (exact) mass is 346 g/mol. The zero-order valence-electron chi connectivity index (χ0n) is 7.53. The van der Waals surface area contributed by atoms with Crippen molar-refractivity contribution in [1.29, 1.82) is 0 Å². The first-order valence-electron chi connectivity index (χ1n) is 3.57. The van der Waals surface area contributed by atoms with E-state index in [4.69, 9.17) is 11.6 Å². The molecule has 1 heterocycles. The SMILES string of the molecule is CN(c1cc(Cl)ncc1I)S(C)(=O)=O. The van der Waals surface area contributed by atoms with Crippen LogP contribution in [0.3, 0.4) is 0 Å². The van der Waals surface area contributed by atoms with Gasteiger partial charge in [0.15, 0.2) is 0 Å². The van der Waals surface area contributed by atoms with E-state index in [0.29, 0.717) is 5.69 Å². The van der Waals surface area contributed by atoms with Gasteiger partial charge in [-0.15, -0.1) is 0 Å². The van der Waals surface area contributed by atoms with Gasteiger partial charge in [-0.05, 0) is 22.6 Å². The molecule has 0 unspecified atom stereocenters. The second-order valence-corrected chi connectivity index (χ2v) is 6.25. The summed E-state index contributed by atoms with van der Waals surface area (Å²) in [5, 5.41) is 0.274. The largest absolute Gasteiger partial charge is 0.272 e. The smallest absolute Gasteiger partial charge is 0.232 e. The molecule has 0 spiro atoms. The standard InChI is InChI=1S/C7H8ClIN2O2S/c1-11(14(2,12)13)6-3-7(8)10-4-5(6)9/h3-4H,1-2H3. The highest BCUT2D eigenvalue weighted by Crippen LogP contribution is 2.24. The quantitative estimate of drug-likeness (QED) is 0.605. The maximum Gasteiger partial charge on any atom is 0.232 e. The molecule has 1 aromatic rings. The lowest BCUT2D eigenvalue weighted by molar-refractivity contribution is 0.600. The first kappa shape index (κ1) is 12.0. The average Bonchev–Trinajstić information content (AvgIpc) is 2.06. The van der Waals surface area contributed by atoms with Crippen LogP contribution in [-0.4, -0.2) is 26.7 Å². The molecular formula is C7H8ClIN2O2S. The van der Waals surface area contributed by atoms with Crippen molar-refractivity contribution in [2.24, 2.45) is 0 Å². The minimum atomic E-state index is -3.25. The normalized spacial score (nSPS) is 11.4. The lowest BCUT2D eigenvalue weighted by Gasteiger charge is -2.17. The third-order valence-electron chi connectivity index (χ3n) is 1.64. The Labute approximate surface area is 101 Å². The number of pyridine rings is 1. The Morgan fingerprint density at radius 2 is 2.14 bits per heavy atom. The molecule has 0 atom stereocenters. The summed E-state index contributed by atoms with van der Waals surface area (Å²) in [6, 6.07) is 1.52. The molecule has 0 aliphatic heterocycles. The lowest BCUT2D eigenvalue weighted by atomic mass is 10.4. The number of halogens is 2. The average molecular weight is 347 g/mol. The van der Waals surface area contributed by atoms with Crippen LogP contribution in [-0.2, 0) is 10.0 Å². The van der Waals surface area contributed by atoms with Crippen LogP contribution in [0.4, 0.5) is 5.69 Å². The highest BCUT2D eigenvalue weighted by molar-refractivity contribution is 14.1. The molecule has 0 amide bonds. The van der Waals surface area contributed by atoms with Crippen molar-refractivity contribution in [3.63, 3.8) is 0 Å². The van der Waals surface area contributed by atoms with Crippen LogP contribution in [0, 0.1) is 3.57 Å². The third-order valence-corrected chi connectivity index (χ3v) is 3.87. The molecule has 1 aromatic heterocycles. The molecule has 0 fully saturated rings. The van der Waals surface area contributed by atoms with Gasteiger partial charge in [-0.3, -0.25) is 4.31 Å². The molecule has 0 radical (unpaired) electrons. The van der Waals surface area contributed by atoms with Crippen molar-refractivity contribution in [3.8, 4) is 0 Å². The number of hydrogen-bond donors (Lipinski definition) is 0. The number of rotatable bonds is 2. The summed E-state index contributed by atoms with van der Waals surface area (Å²) in [4.78, 5) is 3.84. The van der Waals surface area contributed by atoms with Crippen molar-refractivity contribution in [1.82, 2.24) is 4.98 Å². The van der Waals surface area contributed by atoms with E-state index in [0.717, 1.165) is 9.83 Å². The van der Waals surface area contributed by atoms with Crippen molar-refractivity contribution in [2.45, 2.75) is 0 Å². The van der Waals surface area contributed by atoms with Gasteiger partial charge in [0.2, 0.25) is 10.0 Å². The summed E-state index contributed by atoms with van der Waals surface area (Å²) in [6.45, 7) is 0. The predicted molar refractivity (Wildman–Crippen MR) is 65.2 cm³/mol. The minimum Gasteiger partial charge on any atom is -0.272 e. The first-order chi connectivity index (χ1) is 6.32. The van der Waals surface area contributed by atoms with E-state index in [2.05, 4.69) is 4.98 Å². The number of anilines is 1. The van der Waals surface area contributed by atoms with E-state index >= 15 is 0 Å². The van der Waals surface area contributed by atoms with Crippen LogP contribution in [0.15, 0.2) is 12.3 Å². The second-order valence-electron chi connectivity index (χ2n) is 2.69. The van der Waals surface area contributed by atoms with Crippen LogP contribution in [0.5, 0.6) is 0 Å². The van der Waals surface area contributed by atoms with Gasteiger partial charge < -0.3 is 0 Å². The highest BCUT2D eigenvalue weighted by Gasteiger charge is 2.15. The van der Waals surface area contributed by atoms with Gasteiger partial charge in [-0.25, -0.2) is 13.4 Å². The molecule has 14 heavy (non-hydrogen) atoms. The van der Waals surface area contributed by atoms with E-state index in [-0.39, 0.29) is 5.15 Å². The summed E-state index contributed by atoms with van der Waals surface area (Å²) in [5.74, 6) is 0. The van der Waals surface area contributed by atoms with Crippen molar-refractivity contribution >= 4 is 49.9 Å². The summed E-state index contributed by atoms with van der Waals surface area (Å²) in [6.07, 6.45) is 2.66. The van der Waals surface area contributed by atoms with Gasteiger partial charge in [0.05, 0.1) is 15.5 Å². The fraction of sp³-hybridized carbons (Fsp3) is 0.286. The van der Waals surface area contributed by atoms with Crippen LogP contribution < -0.4 is 4.31 Å². The maximum atomic E-state index is 11.3. The molecule has 0 bridgehead atoms. The molecule has 4 nitrogen and oxygen atoms in total. The summed E-state index contributed by atoms with van der Waals surface area (Å²) in [7, 11) is -1.78. The van der Waals surface area contributed by atoms with Gasteiger partial charge in [0, 0.05) is 19.3 Å². The maximum absolute atomic E-state index is 11.3. The molecule has 0 saturated heterocycles. The van der Waals surface area contributed by atoms with Crippen LogP contribution in [0.1, 0.15) is 0 Å². The Balaban J connectivity index is 3.26. The van der Waals surface area contributed by atoms with Crippen LogP contribution in [0.2, 0.25) is 5.15 Å². The molecule has 0 aliphatic rings. The van der Waals surface area contributed by atoms with Gasteiger partial charge >= 0.3 is 0 Å². The van der Waals surface area contributed by atoms with Gasteiger partial charge in [-0.2, -0.15) is 0 Å². The van der Waals surface area contributed by atoms with Crippen molar-refractivity contribution in [2.75, 3.05) is 17.6 Å². The molecule has 7 heteroatoms. The molecular weight excluding hydrogens is 339 g/mol. The fourth-order valence-corrected chi connectivity index (χ4v) is 2.30. The van der Waals surface area contributed by atoms with Gasteiger partial charge in [0.1, 0.15) is 5.15 Å². The third kappa shape index (κ3) is 2.71. The molecule has 0 saturated carbocycles. The highest BCUT2D eigenvalue weighted by atomic mass is 127. The van der Waals surface area contributed by atoms with Gasteiger partial charge in [-0.1, -0.05) is 11.6 Å². The van der Waals surface area contributed by atoms with E-state index in [1.165, 1.54) is 23.6 Å². The van der Waals surface area contributed by atoms with Crippen LogP contribution in [0.25, 0.3) is 0 Å². The van der Waals surface area contributed by atoms with E-state index in [9.17, 15) is 8.42 Å². The van der Waals surface area contributed by atoms with Crippen LogP contribution >= 0.6 is 34.2 Å². The Kier molecular flexibility index (Phi) is 3.59. The van der Waals surface area contributed by atoms with E-state index in [1.807, 2.05) is 22.6 Å². The lowest BCUT2D eigenvalue weighted by Crippen LogP contribution is -2.25. The van der Waals surface area contributed by atoms with Gasteiger partial charge in [0.25, 0.3) is 0 Å². The Hall–Kier alpha value is -0.0800. The van der Waals surface area contributed by atoms with E-state index < -0.39 is 10.0 Å². The predicted octanol–water partition coefficient (Wildman–Crippen LogP) is 1.74. The Bertz CT molecular complexity index is 449. The molecule has 0 aliphatic carbocycles. The Morgan fingerprint density at radius 3 is 2.64 bits per heavy atom. The number of nitrogens with zero attached hydrogens (tertiary/aromatic N) is 2. The second kappa shape index (κ2) is 4.19. The number of aromatic nitrogens is 1. The molecule has 0 aromatic carbocycles. The minimum absolute atomic E-state index is 0.274. The number of sulfonamides is 1. The molecule has 1 rings (SSSR count). The Morgan fingerprint density at radius 1 is 1.57 bits per heavy atom. The van der Waals surface area contributed by atoms with Crippen molar-refractivity contribution < 1.29 is 8.42 Å². The first-order valence-corrected chi connectivity index (χ1v) is 6.88. The zero-order valence-corrected chi connectivity index (χ0v) is 11.3. The summed E-state index contributed by atoms with van der Waals surface area (Å²) < 4.78 is 24.4. The summed E-state index contributed by atoms with van der Waals surface area (Å²) >= 11 is 7.68. The fourth-order valence-electron chi connectivity index (χ4n) is 0.823. The molecule has 0 N–H and O–H groups in total. The summed E-state index contributed by atoms with van der Waals surface area (Å²) in [5.41, 5.74) is 0.535. The zero-order chi connectivity index (χ0) is 10.9.